The van der Waals surface area contributed by atoms with Crippen LogP contribution in [0.2, 0.25) is 10.0 Å². The molecule has 36 heavy (non-hydrogen) atoms. The highest BCUT2D eigenvalue weighted by molar-refractivity contribution is 6.31. The molecule has 0 saturated carbocycles. The molecular weight excluding hydrogens is 503 g/mol. The van der Waals surface area contributed by atoms with Crippen molar-refractivity contribution in [2.24, 2.45) is 0 Å². The third kappa shape index (κ3) is 6.16. The number of esters is 2. The molecule has 0 bridgehead atoms. The zero-order valence-electron chi connectivity index (χ0n) is 18.7. The van der Waals surface area contributed by atoms with Crippen LogP contribution < -0.4 is 0 Å². The Kier molecular flexibility index (Phi) is 7.78. The van der Waals surface area contributed by atoms with Gasteiger partial charge in [0.05, 0.1) is 11.1 Å². The third-order valence-corrected chi connectivity index (χ3v) is 5.82. The molecule has 0 radical (unpaired) electrons. The van der Waals surface area contributed by atoms with Crippen LogP contribution in [0.4, 0.5) is 0 Å². The highest BCUT2D eigenvalue weighted by Gasteiger charge is 2.15. The zero-order chi connectivity index (χ0) is 25.7. The summed E-state index contributed by atoms with van der Waals surface area (Å²) in [6.07, 6.45) is 0. The first kappa shape index (κ1) is 25.1. The monoisotopic (exact) mass is 520 g/mol. The number of hydrogen-bond acceptors (Lipinski definition) is 6. The molecule has 180 valence electrons. The predicted octanol–water partition coefficient (Wildman–Crippen LogP) is 6.23. The van der Waals surface area contributed by atoms with Gasteiger partial charge in [0.25, 0.3) is 0 Å². The van der Waals surface area contributed by atoms with Gasteiger partial charge < -0.3 is 9.47 Å². The average Bonchev–Trinajstić information content (AvgIpc) is 2.90. The van der Waals surface area contributed by atoms with Gasteiger partial charge in [0.15, 0.2) is 24.8 Å². The lowest BCUT2D eigenvalue weighted by Gasteiger charge is -2.08. The van der Waals surface area contributed by atoms with Gasteiger partial charge in [-0.25, -0.2) is 9.59 Å². The van der Waals surface area contributed by atoms with Gasteiger partial charge in [0.1, 0.15) is 0 Å². The summed E-state index contributed by atoms with van der Waals surface area (Å²) in [7, 11) is 0. The Morgan fingerprint density at radius 2 is 0.833 bits per heavy atom. The smallest absolute Gasteiger partial charge is 0.338 e. The van der Waals surface area contributed by atoms with Crippen molar-refractivity contribution >= 4 is 57.5 Å². The lowest BCUT2D eigenvalue weighted by atomic mass is 10.0. The molecule has 0 amide bonds. The fourth-order valence-electron chi connectivity index (χ4n) is 3.37. The summed E-state index contributed by atoms with van der Waals surface area (Å²) < 4.78 is 10.3. The SMILES string of the molecule is O=C(COC(=O)c1ccc2cc(C(=O)OCC(=O)c3ccc(Cl)cc3)ccc2c1)c1ccc(Cl)cc1. The van der Waals surface area contributed by atoms with Crippen molar-refractivity contribution in [3.05, 3.63) is 117 Å². The van der Waals surface area contributed by atoms with Crippen molar-refractivity contribution < 1.29 is 28.7 Å². The van der Waals surface area contributed by atoms with Gasteiger partial charge in [-0.1, -0.05) is 35.3 Å². The van der Waals surface area contributed by atoms with Crippen molar-refractivity contribution in [3.8, 4) is 0 Å². The highest BCUT2D eigenvalue weighted by atomic mass is 35.5. The Labute approximate surface area is 216 Å². The molecule has 0 heterocycles. The third-order valence-electron chi connectivity index (χ3n) is 5.31. The number of fused-ring (bicyclic) bond motifs is 1. The largest absolute Gasteiger partial charge is 0.454 e. The number of hydrogen-bond donors (Lipinski definition) is 0. The second kappa shape index (κ2) is 11.2. The first-order valence-corrected chi connectivity index (χ1v) is 11.5. The molecule has 0 aliphatic carbocycles. The normalized spacial score (nSPS) is 10.6. The van der Waals surface area contributed by atoms with Crippen LogP contribution in [0.25, 0.3) is 10.8 Å². The molecule has 0 N–H and O–H groups in total. The van der Waals surface area contributed by atoms with Crippen LogP contribution in [0.1, 0.15) is 41.4 Å². The Bertz CT molecular complexity index is 1350. The fraction of sp³-hybridized carbons (Fsp3) is 0.0714. The van der Waals surface area contributed by atoms with Crippen molar-refractivity contribution in [1.29, 1.82) is 0 Å². The maximum absolute atomic E-state index is 12.4. The number of benzene rings is 4. The van der Waals surface area contributed by atoms with E-state index in [0.717, 1.165) is 0 Å². The molecule has 0 spiro atoms. The first-order chi connectivity index (χ1) is 17.3. The minimum atomic E-state index is -0.650. The van der Waals surface area contributed by atoms with E-state index in [0.29, 0.717) is 31.9 Å². The van der Waals surface area contributed by atoms with Gasteiger partial charge in [0.2, 0.25) is 0 Å². The van der Waals surface area contributed by atoms with Crippen LogP contribution in [0.15, 0.2) is 84.9 Å². The topological polar surface area (TPSA) is 86.7 Å². The molecular formula is C28H18Cl2O6. The molecule has 4 aromatic rings. The number of carbonyl (C=O) groups is 4. The summed E-state index contributed by atoms with van der Waals surface area (Å²) in [5.74, 6) is -2.00. The van der Waals surface area contributed by atoms with Crippen LogP contribution in [0.5, 0.6) is 0 Å². The molecule has 0 unspecified atom stereocenters. The number of halogens is 2. The fourth-order valence-corrected chi connectivity index (χ4v) is 3.62. The number of rotatable bonds is 8. The minimum absolute atomic E-state index is 0.260. The second-order valence-corrected chi connectivity index (χ2v) is 8.66. The van der Waals surface area contributed by atoms with Crippen LogP contribution in [0, 0.1) is 0 Å². The number of Topliss-reactive ketones (excluding diaryl/α,β-unsaturated/α-hetero) is 2. The number of ether oxygens (including phenoxy) is 2. The van der Waals surface area contributed by atoms with E-state index in [1.807, 2.05) is 0 Å². The molecule has 4 aromatic carbocycles. The summed E-state index contributed by atoms with van der Waals surface area (Å²) in [4.78, 5) is 49.3. The standard InChI is InChI=1S/C28H18Cl2O6/c29-23-9-5-17(6-10-23)25(31)15-35-27(33)21-3-1-19-13-22(4-2-20(19)14-21)28(34)36-16-26(32)18-7-11-24(30)12-8-18/h1-14H,15-16H2. The van der Waals surface area contributed by atoms with E-state index in [1.54, 1.807) is 72.8 Å². The summed E-state index contributed by atoms with van der Waals surface area (Å²) in [6, 6.07) is 22.2. The lowest BCUT2D eigenvalue weighted by Crippen LogP contribution is -2.14. The van der Waals surface area contributed by atoms with Crippen molar-refractivity contribution in [3.63, 3.8) is 0 Å². The van der Waals surface area contributed by atoms with Gasteiger partial charge in [-0.3, -0.25) is 9.59 Å². The van der Waals surface area contributed by atoms with Crippen LogP contribution >= 0.6 is 23.2 Å². The summed E-state index contributed by atoms with van der Waals surface area (Å²) in [5, 5.41) is 2.37. The first-order valence-electron chi connectivity index (χ1n) is 10.8. The van der Waals surface area contributed by atoms with Crippen LogP contribution in [0.3, 0.4) is 0 Å². The Morgan fingerprint density at radius 1 is 0.500 bits per heavy atom. The minimum Gasteiger partial charge on any atom is -0.454 e. The van der Waals surface area contributed by atoms with Gasteiger partial charge in [-0.05, 0) is 83.6 Å². The maximum atomic E-state index is 12.4. The van der Waals surface area contributed by atoms with E-state index >= 15 is 0 Å². The van der Waals surface area contributed by atoms with Crippen molar-refractivity contribution in [2.75, 3.05) is 13.2 Å². The number of ketones is 2. The molecule has 8 heteroatoms. The summed E-state index contributed by atoms with van der Waals surface area (Å²) in [5.41, 5.74) is 1.30. The Morgan fingerprint density at radius 3 is 1.19 bits per heavy atom. The molecule has 0 aromatic heterocycles. The van der Waals surface area contributed by atoms with Crippen molar-refractivity contribution in [2.45, 2.75) is 0 Å². The Hall–Kier alpha value is -4.00. The molecule has 6 nitrogen and oxygen atoms in total. The zero-order valence-corrected chi connectivity index (χ0v) is 20.2. The molecule has 0 fully saturated rings. The van der Waals surface area contributed by atoms with E-state index in [4.69, 9.17) is 32.7 Å². The van der Waals surface area contributed by atoms with E-state index < -0.39 is 25.2 Å². The van der Waals surface area contributed by atoms with Crippen LogP contribution in [-0.2, 0) is 9.47 Å². The van der Waals surface area contributed by atoms with E-state index in [-0.39, 0.29) is 22.7 Å². The van der Waals surface area contributed by atoms with Crippen LogP contribution in [-0.4, -0.2) is 36.7 Å². The summed E-state index contributed by atoms with van der Waals surface area (Å²) in [6.45, 7) is -0.809. The van der Waals surface area contributed by atoms with Crippen molar-refractivity contribution in [1.82, 2.24) is 0 Å². The maximum Gasteiger partial charge on any atom is 0.338 e. The molecule has 0 atom stereocenters. The van der Waals surface area contributed by atoms with E-state index in [1.165, 1.54) is 12.1 Å². The van der Waals surface area contributed by atoms with Gasteiger partial charge >= 0.3 is 11.9 Å². The second-order valence-electron chi connectivity index (χ2n) is 7.79. The van der Waals surface area contributed by atoms with E-state index in [2.05, 4.69) is 0 Å². The number of carbonyl (C=O) groups excluding carboxylic acids is 4. The summed E-state index contributed by atoms with van der Waals surface area (Å²) >= 11 is 11.6. The van der Waals surface area contributed by atoms with Gasteiger partial charge in [-0.2, -0.15) is 0 Å². The Balaban J connectivity index is 1.37. The quantitative estimate of drug-likeness (QED) is 0.202. The van der Waals surface area contributed by atoms with Gasteiger partial charge in [0, 0.05) is 21.2 Å². The molecule has 0 saturated heterocycles. The predicted molar refractivity (Wildman–Crippen MR) is 136 cm³/mol. The molecule has 0 aliphatic heterocycles. The molecule has 0 aliphatic rings. The van der Waals surface area contributed by atoms with Gasteiger partial charge in [-0.15, -0.1) is 0 Å². The molecule has 4 rings (SSSR count). The highest BCUT2D eigenvalue weighted by Crippen LogP contribution is 2.20. The lowest BCUT2D eigenvalue weighted by molar-refractivity contribution is 0.0472. The van der Waals surface area contributed by atoms with E-state index in [9.17, 15) is 19.2 Å². The average molecular weight is 521 g/mol.